The molecule has 1 aromatic heterocycles. The Morgan fingerprint density at radius 1 is 0.929 bits per heavy atom. The monoisotopic (exact) mass is 436 g/mol. The quantitative estimate of drug-likeness (QED) is 0.478. The molecule has 28 heavy (non-hydrogen) atoms. The van der Waals surface area contributed by atoms with Gasteiger partial charge < -0.3 is 15.1 Å². The molecule has 3 aromatic rings. The predicted molar refractivity (Wildman–Crippen MR) is 112 cm³/mol. The van der Waals surface area contributed by atoms with Gasteiger partial charge in [-0.05, 0) is 48.5 Å². The lowest BCUT2D eigenvalue weighted by atomic mass is 10.2. The molecular weight excluding hydrogens is 423 g/mol. The van der Waals surface area contributed by atoms with Crippen LogP contribution in [-0.4, -0.2) is 11.8 Å². The fraction of sp³-hybridized carbons (Fsp3) is 0.100. The van der Waals surface area contributed by atoms with E-state index in [1.54, 1.807) is 49.4 Å². The number of furan rings is 1. The SMILES string of the molecule is CCC(=O)Nc1ccc(Cl)c(NC(=O)c2ccc(-c3cc(Cl)ccc3Cl)o2)c1. The van der Waals surface area contributed by atoms with E-state index in [2.05, 4.69) is 10.6 Å². The topological polar surface area (TPSA) is 71.3 Å². The summed E-state index contributed by atoms with van der Waals surface area (Å²) >= 11 is 18.3. The molecule has 0 aliphatic rings. The minimum atomic E-state index is -0.495. The number of rotatable bonds is 5. The third-order valence-corrected chi connectivity index (χ3v) is 4.74. The van der Waals surface area contributed by atoms with Crippen molar-refractivity contribution in [3.05, 3.63) is 69.4 Å². The number of carbonyl (C=O) groups is 2. The molecule has 5 nitrogen and oxygen atoms in total. The van der Waals surface area contributed by atoms with E-state index in [0.717, 1.165) is 0 Å². The van der Waals surface area contributed by atoms with E-state index < -0.39 is 5.91 Å². The molecule has 0 spiro atoms. The van der Waals surface area contributed by atoms with Crippen molar-refractivity contribution in [1.82, 2.24) is 0 Å². The van der Waals surface area contributed by atoms with Gasteiger partial charge in [0.05, 0.1) is 15.7 Å². The van der Waals surface area contributed by atoms with E-state index in [1.165, 1.54) is 6.07 Å². The largest absolute Gasteiger partial charge is 0.451 e. The van der Waals surface area contributed by atoms with Crippen LogP contribution in [0.15, 0.2) is 52.9 Å². The van der Waals surface area contributed by atoms with E-state index in [4.69, 9.17) is 39.2 Å². The number of anilines is 2. The molecule has 0 radical (unpaired) electrons. The minimum absolute atomic E-state index is 0.0742. The second-order valence-corrected chi connectivity index (χ2v) is 7.09. The zero-order valence-electron chi connectivity index (χ0n) is 14.7. The number of nitrogens with one attached hydrogen (secondary N) is 2. The van der Waals surface area contributed by atoms with Crippen molar-refractivity contribution in [2.75, 3.05) is 10.6 Å². The summed E-state index contributed by atoms with van der Waals surface area (Å²) in [5, 5.41) is 6.66. The van der Waals surface area contributed by atoms with Crippen LogP contribution >= 0.6 is 34.8 Å². The Balaban J connectivity index is 1.81. The Morgan fingerprint density at radius 3 is 2.43 bits per heavy atom. The van der Waals surface area contributed by atoms with Gasteiger partial charge in [-0.2, -0.15) is 0 Å². The van der Waals surface area contributed by atoms with Crippen molar-refractivity contribution >= 4 is 58.0 Å². The molecule has 0 bridgehead atoms. The average molecular weight is 438 g/mol. The smallest absolute Gasteiger partial charge is 0.291 e. The lowest BCUT2D eigenvalue weighted by molar-refractivity contribution is -0.115. The Morgan fingerprint density at radius 2 is 1.68 bits per heavy atom. The summed E-state index contributed by atoms with van der Waals surface area (Å²) in [5.41, 5.74) is 1.45. The van der Waals surface area contributed by atoms with E-state index >= 15 is 0 Å². The molecule has 2 amide bonds. The number of carbonyl (C=O) groups excluding carboxylic acids is 2. The van der Waals surface area contributed by atoms with Crippen LogP contribution in [0, 0.1) is 0 Å². The highest BCUT2D eigenvalue weighted by atomic mass is 35.5. The molecule has 2 aromatic carbocycles. The first-order valence-corrected chi connectivity index (χ1v) is 9.46. The number of hydrogen-bond acceptors (Lipinski definition) is 3. The van der Waals surface area contributed by atoms with E-state index in [9.17, 15) is 9.59 Å². The summed E-state index contributed by atoms with van der Waals surface area (Å²) in [7, 11) is 0. The van der Waals surface area contributed by atoms with Crippen molar-refractivity contribution in [3.63, 3.8) is 0 Å². The van der Waals surface area contributed by atoms with Crippen LogP contribution < -0.4 is 10.6 Å². The molecule has 1 heterocycles. The Labute approximate surface area is 176 Å². The third kappa shape index (κ3) is 4.68. The first kappa shape index (κ1) is 20.3. The highest BCUT2D eigenvalue weighted by molar-refractivity contribution is 6.35. The van der Waals surface area contributed by atoms with Crippen molar-refractivity contribution in [2.24, 2.45) is 0 Å². The van der Waals surface area contributed by atoms with Crippen molar-refractivity contribution in [1.29, 1.82) is 0 Å². The molecule has 0 atom stereocenters. The summed E-state index contributed by atoms with van der Waals surface area (Å²) in [5.74, 6) is -0.156. The van der Waals surface area contributed by atoms with Crippen LogP contribution in [0.25, 0.3) is 11.3 Å². The third-order valence-electron chi connectivity index (χ3n) is 3.84. The average Bonchev–Trinajstić information content (AvgIpc) is 3.16. The van der Waals surface area contributed by atoms with Crippen LogP contribution in [0.2, 0.25) is 15.1 Å². The summed E-state index contributed by atoms with van der Waals surface area (Å²) in [6, 6.07) is 12.9. The molecule has 0 unspecified atom stereocenters. The highest BCUT2D eigenvalue weighted by Crippen LogP contribution is 2.32. The first-order chi connectivity index (χ1) is 13.4. The van der Waals surface area contributed by atoms with Crippen molar-refractivity contribution in [3.8, 4) is 11.3 Å². The van der Waals surface area contributed by atoms with Gasteiger partial charge in [0.2, 0.25) is 5.91 Å². The molecule has 0 saturated carbocycles. The fourth-order valence-corrected chi connectivity index (χ4v) is 2.97. The zero-order chi connectivity index (χ0) is 20.3. The van der Waals surface area contributed by atoms with Gasteiger partial charge in [-0.15, -0.1) is 0 Å². The lowest BCUT2D eigenvalue weighted by Gasteiger charge is -2.09. The van der Waals surface area contributed by atoms with Crippen LogP contribution in [-0.2, 0) is 4.79 Å². The minimum Gasteiger partial charge on any atom is -0.451 e. The molecule has 0 saturated heterocycles. The number of benzene rings is 2. The van der Waals surface area contributed by atoms with Crippen LogP contribution in [0.4, 0.5) is 11.4 Å². The Hall–Kier alpha value is -2.47. The van der Waals surface area contributed by atoms with Gasteiger partial charge in [-0.25, -0.2) is 0 Å². The standard InChI is InChI=1S/C20H15Cl3N2O3/c1-2-19(26)24-12-4-6-15(23)16(10-12)25-20(27)18-8-7-17(28-18)13-9-11(21)3-5-14(13)22/h3-10H,2H2,1H3,(H,24,26)(H,25,27). The van der Waals surface area contributed by atoms with Crippen LogP contribution in [0.5, 0.6) is 0 Å². The number of amides is 2. The van der Waals surface area contributed by atoms with Gasteiger partial charge in [0.15, 0.2) is 5.76 Å². The second-order valence-electron chi connectivity index (χ2n) is 5.84. The van der Waals surface area contributed by atoms with Gasteiger partial charge in [0.25, 0.3) is 5.91 Å². The summed E-state index contributed by atoms with van der Waals surface area (Å²) < 4.78 is 5.62. The van der Waals surface area contributed by atoms with Crippen LogP contribution in [0.1, 0.15) is 23.9 Å². The maximum absolute atomic E-state index is 12.5. The van der Waals surface area contributed by atoms with Crippen LogP contribution in [0.3, 0.4) is 0 Å². The van der Waals surface area contributed by atoms with E-state index in [-0.39, 0.29) is 11.7 Å². The zero-order valence-corrected chi connectivity index (χ0v) is 17.0. The van der Waals surface area contributed by atoms with Gasteiger partial charge in [-0.3, -0.25) is 9.59 Å². The first-order valence-electron chi connectivity index (χ1n) is 8.33. The van der Waals surface area contributed by atoms with Crippen molar-refractivity contribution in [2.45, 2.75) is 13.3 Å². The Kier molecular flexibility index (Phi) is 6.29. The predicted octanol–water partition coefficient (Wildman–Crippen LogP) is 6.51. The van der Waals surface area contributed by atoms with Gasteiger partial charge >= 0.3 is 0 Å². The van der Waals surface area contributed by atoms with E-state index in [1.807, 2.05) is 0 Å². The summed E-state index contributed by atoms with van der Waals surface area (Å²) in [4.78, 5) is 24.1. The molecule has 2 N–H and O–H groups in total. The normalized spacial score (nSPS) is 10.6. The van der Waals surface area contributed by atoms with Crippen molar-refractivity contribution < 1.29 is 14.0 Å². The lowest BCUT2D eigenvalue weighted by Crippen LogP contribution is -2.13. The molecule has 3 rings (SSSR count). The van der Waals surface area contributed by atoms with Gasteiger partial charge in [0.1, 0.15) is 5.76 Å². The maximum atomic E-state index is 12.5. The van der Waals surface area contributed by atoms with E-state index in [0.29, 0.717) is 44.2 Å². The molecule has 0 aliphatic carbocycles. The van der Waals surface area contributed by atoms with Gasteiger partial charge in [-0.1, -0.05) is 41.7 Å². The maximum Gasteiger partial charge on any atom is 0.291 e. The molecule has 8 heteroatoms. The summed E-state index contributed by atoms with van der Waals surface area (Å²) in [6.45, 7) is 1.74. The number of hydrogen-bond donors (Lipinski definition) is 2. The molecule has 0 fully saturated rings. The number of halogens is 3. The summed E-state index contributed by atoms with van der Waals surface area (Å²) in [6.07, 6.45) is 0.339. The second kappa shape index (κ2) is 8.69. The molecular formula is C20H15Cl3N2O3. The molecule has 0 aliphatic heterocycles. The highest BCUT2D eigenvalue weighted by Gasteiger charge is 2.16. The Bertz CT molecular complexity index is 1050. The molecule has 144 valence electrons. The fourth-order valence-electron chi connectivity index (χ4n) is 2.42. The van der Waals surface area contributed by atoms with Gasteiger partial charge in [0, 0.05) is 22.7 Å².